The number of methoxy groups -OCH3 is 1. The lowest BCUT2D eigenvalue weighted by molar-refractivity contribution is -0.133. The molecule has 0 aliphatic carbocycles. The molecule has 0 aromatic rings. The van der Waals surface area contributed by atoms with Crippen LogP contribution in [0.1, 0.15) is 131 Å². The maximum absolute atomic E-state index is 10.3. The molecule has 48 heavy (non-hydrogen) atoms. The molecule has 0 heterocycles. The van der Waals surface area contributed by atoms with Crippen LogP contribution in [0.3, 0.4) is 0 Å². The summed E-state index contributed by atoms with van der Waals surface area (Å²) in [6, 6.07) is 0. The van der Waals surface area contributed by atoms with Gasteiger partial charge in [0, 0.05) is 31.5 Å². The van der Waals surface area contributed by atoms with E-state index in [1.54, 1.807) is 7.11 Å². The SMILES string of the molecule is COCO[C@H]([C@@H](C)[C@H](O[Si](C(C)C)(C(C)C)C(C)C)[C@@H](C)C/C(C)=C\[C@H](C)[C@@H](O[Si](C(C)C)(C(C)C)C(C)C)[C@@H](C)/C=C\I)[C@@H](C)CO. The summed E-state index contributed by atoms with van der Waals surface area (Å²) in [5.41, 5.74) is 4.42. The lowest BCUT2D eigenvalue weighted by atomic mass is 9.81. The predicted molar refractivity (Wildman–Crippen MR) is 223 cm³/mol. The van der Waals surface area contributed by atoms with Crippen LogP contribution < -0.4 is 0 Å². The number of hydrogen-bond donors (Lipinski definition) is 1. The summed E-state index contributed by atoms with van der Waals surface area (Å²) in [6.07, 6.45) is 5.67. The van der Waals surface area contributed by atoms with E-state index in [9.17, 15) is 5.11 Å². The highest BCUT2D eigenvalue weighted by Gasteiger charge is 2.50. The van der Waals surface area contributed by atoms with Crippen molar-refractivity contribution >= 4 is 39.2 Å². The maximum Gasteiger partial charge on any atom is 0.200 e. The fraction of sp³-hybridized carbons (Fsp3) is 0.900. The molecule has 0 radical (unpaired) electrons. The van der Waals surface area contributed by atoms with Gasteiger partial charge in [-0.2, -0.15) is 0 Å². The fourth-order valence-corrected chi connectivity index (χ4v) is 21.6. The van der Waals surface area contributed by atoms with E-state index in [0.717, 1.165) is 6.42 Å². The quantitative estimate of drug-likeness (QED) is 0.0455. The minimum absolute atomic E-state index is 0.0193. The molecule has 0 saturated carbocycles. The van der Waals surface area contributed by atoms with Crippen molar-refractivity contribution in [2.45, 2.75) is 183 Å². The van der Waals surface area contributed by atoms with Gasteiger partial charge in [0.25, 0.3) is 0 Å². The van der Waals surface area contributed by atoms with Crippen molar-refractivity contribution in [3.05, 3.63) is 21.8 Å². The maximum atomic E-state index is 10.3. The molecule has 8 heteroatoms. The van der Waals surface area contributed by atoms with Crippen molar-refractivity contribution in [2.75, 3.05) is 20.5 Å². The average molecular weight is 825 g/mol. The minimum atomic E-state index is -2.22. The van der Waals surface area contributed by atoms with Gasteiger partial charge in [0.1, 0.15) is 6.79 Å². The van der Waals surface area contributed by atoms with Gasteiger partial charge in [-0.3, -0.25) is 0 Å². The Labute approximate surface area is 315 Å². The summed E-state index contributed by atoms with van der Waals surface area (Å²) in [4.78, 5) is 0. The van der Waals surface area contributed by atoms with Crippen LogP contribution >= 0.6 is 22.6 Å². The lowest BCUT2D eigenvalue weighted by Crippen LogP contribution is -2.54. The highest BCUT2D eigenvalue weighted by atomic mass is 127. The minimum Gasteiger partial charge on any atom is -0.412 e. The molecule has 0 aliphatic rings. The van der Waals surface area contributed by atoms with E-state index in [4.69, 9.17) is 18.3 Å². The molecular formula is C40H81IO5Si2. The predicted octanol–water partition coefficient (Wildman–Crippen LogP) is 12.6. The van der Waals surface area contributed by atoms with E-state index >= 15 is 0 Å². The van der Waals surface area contributed by atoms with E-state index in [-0.39, 0.29) is 55.4 Å². The zero-order valence-corrected chi connectivity index (χ0v) is 39.1. The third-order valence-corrected chi connectivity index (χ3v) is 24.1. The van der Waals surface area contributed by atoms with Crippen molar-refractivity contribution < 1.29 is 23.4 Å². The Hall–Kier alpha value is 0.444. The normalized spacial score (nSPS) is 19.2. The molecule has 8 atom stereocenters. The number of aliphatic hydroxyl groups is 1. The van der Waals surface area contributed by atoms with Crippen LogP contribution in [-0.4, -0.2) is 60.6 Å². The van der Waals surface area contributed by atoms with Crippen LogP contribution in [0.25, 0.3) is 0 Å². The van der Waals surface area contributed by atoms with E-state index in [2.05, 4.69) is 163 Å². The van der Waals surface area contributed by atoms with Crippen molar-refractivity contribution in [3.63, 3.8) is 0 Å². The Morgan fingerprint density at radius 1 is 0.625 bits per heavy atom. The molecule has 286 valence electrons. The molecule has 1 N–H and O–H groups in total. The Bertz CT molecular complexity index is 891. The van der Waals surface area contributed by atoms with Gasteiger partial charge in [-0.25, -0.2) is 0 Å². The molecule has 0 spiro atoms. The van der Waals surface area contributed by atoms with Crippen molar-refractivity contribution in [2.24, 2.45) is 29.6 Å². The van der Waals surface area contributed by atoms with E-state index in [1.807, 2.05) is 0 Å². The Morgan fingerprint density at radius 2 is 1.04 bits per heavy atom. The molecule has 0 unspecified atom stereocenters. The second-order valence-electron chi connectivity index (χ2n) is 17.1. The molecule has 5 nitrogen and oxygen atoms in total. The van der Waals surface area contributed by atoms with Gasteiger partial charge in [-0.15, -0.1) is 0 Å². The number of halogens is 1. The van der Waals surface area contributed by atoms with Gasteiger partial charge in [0.2, 0.25) is 16.6 Å². The van der Waals surface area contributed by atoms with Gasteiger partial charge < -0.3 is 23.4 Å². The highest BCUT2D eigenvalue weighted by molar-refractivity contribution is 14.1. The van der Waals surface area contributed by atoms with Crippen LogP contribution in [0, 0.1) is 29.6 Å². The van der Waals surface area contributed by atoms with E-state index < -0.39 is 16.6 Å². The van der Waals surface area contributed by atoms with Gasteiger partial charge >= 0.3 is 0 Å². The van der Waals surface area contributed by atoms with Gasteiger partial charge in [0.15, 0.2) is 0 Å². The summed E-state index contributed by atoms with van der Waals surface area (Å²) in [5.74, 6) is 0.877. The van der Waals surface area contributed by atoms with E-state index in [1.165, 1.54) is 5.57 Å². The van der Waals surface area contributed by atoms with Crippen molar-refractivity contribution in [1.29, 1.82) is 0 Å². The average Bonchev–Trinajstić information content (AvgIpc) is 2.96. The van der Waals surface area contributed by atoms with Crippen LogP contribution in [0.5, 0.6) is 0 Å². The summed E-state index contributed by atoms with van der Waals surface area (Å²) in [7, 11) is -2.64. The molecule has 0 saturated heterocycles. The first-order valence-electron chi connectivity index (χ1n) is 19.1. The summed E-state index contributed by atoms with van der Waals surface area (Å²) >= 11 is 2.35. The first-order valence-corrected chi connectivity index (χ1v) is 24.7. The monoisotopic (exact) mass is 824 g/mol. The molecule has 0 aliphatic heterocycles. The Morgan fingerprint density at radius 3 is 1.40 bits per heavy atom. The summed E-state index contributed by atoms with van der Waals surface area (Å²) in [6.45, 7) is 42.4. The molecule has 0 amide bonds. The zero-order chi connectivity index (χ0) is 37.7. The third kappa shape index (κ3) is 12.5. The largest absolute Gasteiger partial charge is 0.412 e. The number of hydrogen-bond acceptors (Lipinski definition) is 5. The lowest BCUT2D eigenvalue weighted by Gasteiger charge is -2.48. The molecular weight excluding hydrogens is 744 g/mol. The third-order valence-electron chi connectivity index (χ3n) is 11.5. The van der Waals surface area contributed by atoms with Gasteiger partial charge in [-0.1, -0.05) is 158 Å². The standard InChI is InChI=1S/C40H81IO5Si2/c1-26(2)47(27(3)4,28(5)6)45-38(33(14)20-21-41)34(15)22-32(13)23-35(16)40(37(18)39(36(17)24-42)44-25-43-19)46-48(29(7)8,30(9)10)31(11)12/h20-22,26-31,33-40,42H,23-25H2,1-19H3/b21-20-,32-22-/t33-,34-,35-,36-,37+,38-,39-,40+/m0/s1. The summed E-state index contributed by atoms with van der Waals surface area (Å²) in [5, 5.41) is 10.3. The second-order valence-corrected chi connectivity index (χ2v) is 28.6. The van der Waals surface area contributed by atoms with Crippen LogP contribution in [0.4, 0.5) is 0 Å². The Balaban J connectivity index is 6.92. The van der Waals surface area contributed by atoms with Crippen molar-refractivity contribution in [3.8, 4) is 0 Å². The van der Waals surface area contributed by atoms with Crippen LogP contribution in [-0.2, 0) is 18.3 Å². The molecule has 0 bridgehead atoms. The highest BCUT2D eigenvalue weighted by Crippen LogP contribution is 2.47. The molecule has 0 aromatic heterocycles. The molecule has 0 aromatic carbocycles. The van der Waals surface area contributed by atoms with Crippen LogP contribution in [0.2, 0.25) is 33.2 Å². The number of allylic oxidation sites excluding steroid dienone is 1. The molecule has 0 rings (SSSR count). The first kappa shape index (κ1) is 48.4. The Kier molecular flexibility index (Phi) is 22.7. The van der Waals surface area contributed by atoms with Gasteiger partial charge in [-0.05, 0) is 62.5 Å². The fourth-order valence-electron chi connectivity index (χ4n) is 9.45. The molecule has 0 fully saturated rings. The first-order chi connectivity index (χ1) is 22.1. The van der Waals surface area contributed by atoms with Gasteiger partial charge in [0.05, 0.1) is 18.3 Å². The topological polar surface area (TPSA) is 57.2 Å². The smallest absolute Gasteiger partial charge is 0.200 e. The summed E-state index contributed by atoms with van der Waals surface area (Å²) < 4.78 is 29.0. The number of rotatable bonds is 24. The van der Waals surface area contributed by atoms with E-state index in [0.29, 0.717) is 39.2 Å². The zero-order valence-electron chi connectivity index (χ0n) is 34.9. The van der Waals surface area contributed by atoms with Crippen LogP contribution in [0.15, 0.2) is 21.8 Å². The van der Waals surface area contributed by atoms with Crippen molar-refractivity contribution in [1.82, 2.24) is 0 Å². The number of ether oxygens (including phenoxy) is 2. The second kappa shape index (κ2) is 22.5. The number of aliphatic hydroxyl groups excluding tert-OH is 1.